The average molecular weight is 862 g/mol. The van der Waals surface area contributed by atoms with Crippen LogP contribution in [0.25, 0.3) is 0 Å². The van der Waals surface area contributed by atoms with Crippen molar-refractivity contribution < 1.29 is 67.8 Å². The molecular weight excluding hydrogens is 803 g/mol. The SMILES string of the molecule is CC[C@H](C)CCC(=O)N[C@@H](c1ccccc1)[C@@H](O)C(=O)O[C@H]1C[C@@]2(O)[C@H](OC(=O)c3ccccc3)[C@@H]3[C@]4(OC(C)=O)CO[C@H]4C[C@@H](O)[C@@]3(C)C(=O)[C@H](OC(C)=O)C(=C1C)C2(C)C. The summed E-state index contributed by atoms with van der Waals surface area (Å²) < 4.78 is 30.3. The van der Waals surface area contributed by atoms with Crippen molar-refractivity contribution in [2.45, 2.75) is 141 Å². The Labute approximate surface area is 361 Å². The second kappa shape index (κ2) is 17.7. The van der Waals surface area contributed by atoms with Crippen molar-refractivity contribution in [2.75, 3.05) is 6.61 Å². The van der Waals surface area contributed by atoms with E-state index in [9.17, 15) is 39.3 Å². The molecular formula is C47H59NO14. The van der Waals surface area contributed by atoms with E-state index >= 15 is 4.79 Å². The van der Waals surface area contributed by atoms with Crippen LogP contribution in [0.2, 0.25) is 0 Å². The number of carbonyl (C=O) groups excluding carboxylic acids is 6. The molecule has 0 aromatic heterocycles. The van der Waals surface area contributed by atoms with Crippen molar-refractivity contribution >= 4 is 35.6 Å². The number of Topliss-reactive ketones (excluding diaryl/α,β-unsaturated/α-hetero) is 1. The van der Waals surface area contributed by atoms with E-state index in [1.165, 1.54) is 26.0 Å². The molecule has 0 unspecified atom stereocenters. The number of hydrogen-bond donors (Lipinski definition) is 4. The molecule has 0 radical (unpaired) electrons. The maximum absolute atomic E-state index is 15.5. The van der Waals surface area contributed by atoms with Crippen molar-refractivity contribution in [3.63, 3.8) is 0 Å². The quantitative estimate of drug-likeness (QED) is 0.126. The average Bonchev–Trinajstić information content (AvgIpc) is 3.22. The Morgan fingerprint density at radius 2 is 1.56 bits per heavy atom. The minimum absolute atomic E-state index is 0.0119. The van der Waals surface area contributed by atoms with Gasteiger partial charge in [-0.15, -0.1) is 0 Å². The van der Waals surface area contributed by atoms with E-state index in [0.717, 1.165) is 20.3 Å². The Balaban J connectivity index is 1.51. The molecule has 1 saturated heterocycles. The molecule has 336 valence electrons. The van der Waals surface area contributed by atoms with E-state index < -0.39 is 113 Å². The molecule has 3 fully saturated rings. The molecule has 1 heterocycles. The van der Waals surface area contributed by atoms with Crippen molar-refractivity contribution in [3.8, 4) is 0 Å². The van der Waals surface area contributed by atoms with Gasteiger partial charge in [-0.3, -0.25) is 19.2 Å². The number of rotatable bonds is 13. The van der Waals surface area contributed by atoms with E-state index in [0.29, 0.717) is 12.0 Å². The molecule has 0 spiro atoms. The molecule has 2 aromatic carbocycles. The molecule has 2 bridgehead atoms. The molecule has 62 heavy (non-hydrogen) atoms. The van der Waals surface area contributed by atoms with Crippen LogP contribution in [0.4, 0.5) is 0 Å². The lowest BCUT2D eigenvalue weighted by molar-refractivity contribution is -0.346. The summed E-state index contributed by atoms with van der Waals surface area (Å²) >= 11 is 0. The summed E-state index contributed by atoms with van der Waals surface area (Å²) in [7, 11) is 0. The van der Waals surface area contributed by atoms with Gasteiger partial charge in [-0.05, 0) is 55.0 Å². The highest BCUT2D eigenvalue weighted by atomic mass is 16.6. The van der Waals surface area contributed by atoms with Gasteiger partial charge in [-0.1, -0.05) is 82.6 Å². The smallest absolute Gasteiger partial charge is 0.338 e. The Morgan fingerprint density at radius 1 is 0.935 bits per heavy atom. The molecule has 15 nitrogen and oxygen atoms in total. The number of ketones is 1. The standard InChI is InChI=1S/C47H59NO14/c1-9-25(2)20-21-34(52)48-36(29-16-12-10-13-17-29)37(53)43(56)60-31-23-47(57)41(61-42(55)30-18-14-11-15-19-30)39-45(8,32(51)22-33-46(39,24-58-33)62-28(5)50)40(54)38(59-27(4)49)35(26(31)3)44(47,6)7/h10-19,25,31-33,36-39,41,51,53,57H,9,20-24H2,1-8H3,(H,48,52)/t25-,31-,32+,33-,36-,37+,38+,39-,41+,45+,46-,47+/m0/s1. The number of ether oxygens (including phenoxy) is 5. The lowest BCUT2D eigenvalue weighted by Gasteiger charge is -2.67. The fourth-order valence-corrected chi connectivity index (χ4v) is 10.2. The third-order valence-electron chi connectivity index (χ3n) is 14.0. The highest BCUT2D eigenvalue weighted by Gasteiger charge is 2.78. The first kappa shape index (κ1) is 46.5. The molecule has 6 rings (SSSR count). The first-order valence-corrected chi connectivity index (χ1v) is 21.3. The number of fused-ring (bicyclic) bond motifs is 5. The zero-order valence-electron chi connectivity index (χ0n) is 36.5. The topological polar surface area (TPSA) is 221 Å². The second-order valence-electron chi connectivity index (χ2n) is 18.1. The predicted molar refractivity (Wildman–Crippen MR) is 221 cm³/mol. The molecule has 4 N–H and O–H groups in total. The maximum atomic E-state index is 15.5. The Bertz CT molecular complexity index is 2090. The van der Waals surface area contributed by atoms with Crippen LogP contribution in [0, 0.1) is 22.7 Å². The van der Waals surface area contributed by atoms with Gasteiger partial charge in [0.05, 0.1) is 35.6 Å². The monoisotopic (exact) mass is 861 g/mol. The van der Waals surface area contributed by atoms with E-state index in [1.54, 1.807) is 62.4 Å². The van der Waals surface area contributed by atoms with Gasteiger partial charge in [0.25, 0.3) is 0 Å². The number of carbonyl (C=O) groups is 6. The number of esters is 4. The fraction of sp³-hybridized carbons (Fsp3) is 0.574. The molecule has 15 heteroatoms. The highest BCUT2D eigenvalue weighted by molar-refractivity contribution is 5.95. The number of hydrogen-bond acceptors (Lipinski definition) is 14. The molecule has 2 aromatic rings. The first-order chi connectivity index (χ1) is 29.1. The molecule has 3 aliphatic carbocycles. The summed E-state index contributed by atoms with van der Waals surface area (Å²) in [6, 6.07) is 15.0. The van der Waals surface area contributed by atoms with E-state index in [2.05, 4.69) is 5.32 Å². The fourth-order valence-electron chi connectivity index (χ4n) is 10.2. The van der Waals surface area contributed by atoms with Gasteiger partial charge >= 0.3 is 23.9 Å². The summed E-state index contributed by atoms with van der Waals surface area (Å²) in [5, 5.41) is 40.3. The Hall–Kier alpha value is -4.96. The van der Waals surface area contributed by atoms with Crippen LogP contribution < -0.4 is 5.32 Å². The van der Waals surface area contributed by atoms with Gasteiger partial charge in [-0.25, -0.2) is 9.59 Å². The van der Waals surface area contributed by atoms with Gasteiger partial charge in [0.2, 0.25) is 5.91 Å². The van der Waals surface area contributed by atoms with Crippen molar-refractivity contribution in [1.82, 2.24) is 5.32 Å². The number of aliphatic hydroxyl groups excluding tert-OH is 2. The lowest BCUT2D eigenvalue weighted by Crippen LogP contribution is -2.82. The summed E-state index contributed by atoms with van der Waals surface area (Å²) in [4.78, 5) is 83.2. The predicted octanol–water partition coefficient (Wildman–Crippen LogP) is 4.25. The van der Waals surface area contributed by atoms with Crippen molar-refractivity contribution in [3.05, 3.63) is 82.9 Å². The highest BCUT2D eigenvalue weighted by Crippen LogP contribution is 2.64. The molecule has 4 aliphatic rings. The Morgan fingerprint density at radius 3 is 2.13 bits per heavy atom. The molecule has 1 amide bonds. The van der Waals surface area contributed by atoms with Crippen LogP contribution in [0.15, 0.2) is 71.8 Å². The first-order valence-electron chi connectivity index (χ1n) is 21.3. The molecule has 2 saturated carbocycles. The van der Waals surface area contributed by atoms with Gasteiger partial charge in [0, 0.05) is 38.5 Å². The van der Waals surface area contributed by atoms with Crippen LogP contribution in [0.3, 0.4) is 0 Å². The van der Waals surface area contributed by atoms with Gasteiger partial charge in [0.15, 0.2) is 23.6 Å². The van der Waals surface area contributed by atoms with E-state index in [-0.39, 0.29) is 42.1 Å². The third kappa shape index (κ3) is 8.08. The molecule has 12 atom stereocenters. The number of amides is 1. The largest absolute Gasteiger partial charge is 0.456 e. The van der Waals surface area contributed by atoms with Gasteiger partial charge in [-0.2, -0.15) is 0 Å². The van der Waals surface area contributed by atoms with E-state index in [4.69, 9.17) is 23.7 Å². The zero-order valence-corrected chi connectivity index (χ0v) is 36.5. The number of nitrogens with one attached hydrogen (secondary N) is 1. The van der Waals surface area contributed by atoms with Crippen molar-refractivity contribution in [2.24, 2.45) is 22.7 Å². The van der Waals surface area contributed by atoms with Gasteiger partial charge in [0.1, 0.15) is 23.9 Å². The minimum Gasteiger partial charge on any atom is -0.456 e. The summed E-state index contributed by atoms with van der Waals surface area (Å²) in [5.41, 5.74) is -7.14. The Kier molecular flexibility index (Phi) is 13.3. The van der Waals surface area contributed by atoms with Crippen LogP contribution >= 0.6 is 0 Å². The maximum Gasteiger partial charge on any atom is 0.338 e. The second-order valence-corrected chi connectivity index (χ2v) is 18.1. The van der Waals surface area contributed by atoms with E-state index in [1.807, 2.05) is 13.8 Å². The summed E-state index contributed by atoms with van der Waals surface area (Å²) in [6.45, 7) is 12.1. The van der Waals surface area contributed by atoms with Crippen LogP contribution in [-0.4, -0.2) is 105 Å². The van der Waals surface area contributed by atoms with Crippen molar-refractivity contribution in [1.29, 1.82) is 0 Å². The lowest BCUT2D eigenvalue weighted by atomic mass is 9.44. The molecule has 1 aliphatic heterocycles. The summed E-state index contributed by atoms with van der Waals surface area (Å²) in [5.74, 6) is -6.30. The van der Waals surface area contributed by atoms with Crippen LogP contribution in [0.1, 0.15) is 109 Å². The van der Waals surface area contributed by atoms with Crippen LogP contribution in [-0.2, 0) is 47.7 Å². The third-order valence-corrected chi connectivity index (χ3v) is 14.0. The number of benzene rings is 2. The number of aliphatic hydroxyl groups is 3. The minimum atomic E-state index is -2.37. The normalized spacial score (nSPS) is 32.5. The zero-order chi connectivity index (χ0) is 45.5. The van der Waals surface area contributed by atoms with Crippen LogP contribution in [0.5, 0.6) is 0 Å². The summed E-state index contributed by atoms with van der Waals surface area (Å²) in [6.07, 6.45) is -8.78. The van der Waals surface area contributed by atoms with Gasteiger partial charge < -0.3 is 44.3 Å².